The molecule has 0 heterocycles. The van der Waals surface area contributed by atoms with Gasteiger partial charge in [-0.2, -0.15) is 0 Å². The average molecular weight is 378 g/mol. The summed E-state index contributed by atoms with van der Waals surface area (Å²) in [7, 11) is -0.285. The molecule has 0 atom stereocenters. The number of nitrogens with zero attached hydrogens (tertiary/aromatic N) is 1. The van der Waals surface area contributed by atoms with Gasteiger partial charge in [-0.05, 0) is 48.2 Å². The van der Waals surface area contributed by atoms with E-state index in [1.54, 1.807) is 33.3 Å². The molecule has 0 spiro atoms. The van der Waals surface area contributed by atoms with E-state index in [4.69, 9.17) is 9.47 Å². The minimum absolute atomic E-state index is 0.0339. The smallest absolute Gasteiger partial charge is 0.235 e. The van der Waals surface area contributed by atoms with Crippen molar-refractivity contribution in [1.29, 1.82) is 0 Å². The van der Waals surface area contributed by atoms with Crippen LogP contribution in [-0.4, -0.2) is 28.4 Å². The van der Waals surface area contributed by atoms with E-state index in [-0.39, 0.29) is 12.3 Å². The number of anilines is 1. The molecule has 0 aromatic heterocycles. The van der Waals surface area contributed by atoms with Crippen LogP contribution in [-0.2, 0) is 16.6 Å². The van der Waals surface area contributed by atoms with Crippen LogP contribution in [0.25, 0.3) is 0 Å². The zero-order valence-electron chi connectivity index (χ0n) is 16.0. The number of benzene rings is 2. The van der Waals surface area contributed by atoms with Crippen molar-refractivity contribution in [2.75, 3.05) is 24.3 Å². The van der Waals surface area contributed by atoms with Crippen LogP contribution in [0.1, 0.15) is 37.8 Å². The highest BCUT2D eigenvalue weighted by atomic mass is 32.2. The second-order valence-corrected chi connectivity index (χ2v) is 8.52. The second-order valence-electron chi connectivity index (χ2n) is 6.34. The first-order valence-electron chi connectivity index (χ1n) is 8.63. The first-order chi connectivity index (χ1) is 12.3. The number of ether oxygens (including phenoxy) is 2. The minimum Gasteiger partial charge on any atom is -0.493 e. The van der Waals surface area contributed by atoms with E-state index in [0.717, 1.165) is 5.56 Å². The summed E-state index contributed by atoms with van der Waals surface area (Å²) in [6, 6.07) is 13.1. The van der Waals surface area contributed by atoms with Crippen molar-refractivity contribution in [2.45, 2.75) is 33.2 Å². The topological polar surface area (TPSA) is 55.8 Å². The molecule has 0 unspecified atom stereocenters. The minimum atomic E-state index is -3.42. The summed E-state index contributed by atoms with van der Waals surface area (Å²) in [4.78, 5) is 0. The molecule has 142 valence electrons. The number of sulfonamides is 1. The lowest BCUT2D eigenvalue weighted by Crippen LogP contribution is -2.31. The van der Waals surface area contributed by atoms with Gasteiger partial charge < -0.3 is 9.47 Å². The van der Waals surface area contributed by atoms with Gasteiger partial charge in [-0.1, -0.05) is 32.0 Å². The summed E-state index contributed by atoms with van der Waals surface area (Å²) in [5.74, 6) is 1.62. The number of hydrogen-bond donors (Lipinski definition) is 0. The van der Waals surface area contributed by atoms with Crippen molar-refractivity contribution in [1.82, 2.24) is 0 Å². The Labute approximate surface area is 156 Å². The molecule has 0 fully saturated rings. The van der Waals surface area contributed by atoms with E-state index in [0.29, 0.717) is 23.1 Å². The van der Waals surface area contributed by atoms with Gasteiger partial charge in [-0.15, -0.1) is 0 Å². The molecule has 0 aliphatic rings. The predicted octanol–water partition coefficient (Wildman–Crippen LogP) is 4.18. The van der Waals surface area contributed by atoms with Crippen molar-refractivity contribution in [2.24, 2.45) is 0 Å². The fraction of sp³-hybridized carbons (Fsp3) is 0.400. The Morgan fingerprint density at radius 1 is 0.962 bits per heavy atom. The molecule has 2 rings (SSSR count). The van der Waals surface area contributed by atoms with Crippen molar-refractivity contribution in [3.63, 3.8) is 0 Å². The summed E-state index contributed by atoms with van der Waals surface area (Å²) in [6.07, 6.45) is 0. The van der Waals surface area contributed by atoms with Gasteiger partial charge in [-0.25, -0.2) is 8.42 Å². The zero-order chi connectivity index (χ0) is 19.3. The van der Waals surface area contributed by atoms with Crippen molar-refractivity contribution in [3.05, 3.63) is 53.6 Å². The molecule has 5 nitrogen and oxygen atoms in total. The van der Waals surface area contributed by atoms with Crippen molar-refractivity contribution >= 4 is 15.7 Å². The Morgan fingerprint density at radius 2 is 1.58 bits per heavy atom. The molecule has 2 aromatic carbocycles. The average Bonchev–Trinajstić information content (AvgIpc) is 2.65. The molecule has 0 aliphatic carbocycles. The third-order valence-corrected chi connectivity index (χ3v) is 6.06. The molecular formula is C20H27NO4S. The maximum Gasteiger partial charge on any atom is 0.235 e. The van der Waals surface area contributed by atoms with Crippen LogP contribution in [0, 0.1) is 0 Å². The van der Waals surface area contributed by atoms with Crippen LogP contribution in [0.2, 0.25) is 0 Å². The van der Waals surface area contributed by atoms with Crippen LogP contribution >= 0.6 is 0 Å². The molecule has 0 saturated heterocycles. The van der Waals surface area contributed by atoms with E-state index in [9.17, 15) is 8.42 Å². The monoisotopic (exact) mass is 377 g/mol. The van der Waals surface area contributed by atoms with Crippen molar-refractivity contribution < 1.29 is 17.9 Å². The lowest BCUT2D eigenvalue weighted by Gasteiger charge is -2.25. The fourth-order valence-corrected chi connectivity index (χ4v) is 3.78. The Morgan fingerprint density at radius 3 is 2.08 bits per heavy atom. The lowest BCUT2D eigenvalue weighted by molar-refractivity contribution is 0.354. The maximum atomic E-state index is 12.7. The highest BCUT2D eigenvalue weighted by Gasteiger charge is 2.21. The molecule has 0 saturated carbocycles. The van der Waals surface area contributed by atoms with Gasteiger partial charge in [0.1, 0.15) is 0 Å². The third kappa shape index (κ3) is 4.49. The SMILES string of the molecule is CCS(=O)(=O)N(Cc1ccc(OC)c(OC)c1)c1ccc(C(C)C)cc1. The van der Waals surface area contributed by atoms with Crippen LogP contribution < -0.4 is 13.8 Å². The van der Waals surface area contributed by atoms with Crippen LogP contribution in [0.4, 0.5) is 5.69 Å². The summed E-state index contributed by atoms with van der Waals surface area (Å²) in [6.45, 7) is 6.11. The first-order valence-corrected chi connectivity index (χ1v) is 10.2. The standard InChI is InChI=1S/C20H27NO4S/c1-6-26(22,23)21(18-10-8-17(9-11-18)15(2)3)14-16-7-12-19(24-4)20(13-16)25-5/h7-13,15H,6,14H2,1-5H3. The van der Waals surface area contributed by atoms with Gasteiger partial charge in [-0.3, -0.25) is 4.31 Å². The predicted molar refractivity (Wildman–Crippen MR) is 106 cm³/mol. The Hall–Kier alpha value is -2.21. The second kappa shape index (κ2) is 8.45. The molecular weight excluding hydrogens is 350 g/mol. The molecule has 0 N–H and O–H groups in total. The van der Waals surface area contributed by atoms with Gasteiger partial charge in [0.15, 0.2) is 11.5 Å². The first kappa shape index (κ1) is 20.1. The molecule has 6 heteroatoms. The Bertz CT molecular complexity index is 829. The molecule has 0 radical (unpaired) electrons. The van der Waals surface area contributed by atoms with Gasteiger partial charge >= 0.3 is 0 Å². The zero-order valence-corrected chi connectivity index (χ0v) is 16.8. The lowest BCUT2D eigenvalue weighted by atomic mass is 10.0. The fourth-order valence-electron chi connectivity index (χ4n) is 2.68. The molecule has 2 aromatic rings. The van der Waals surface area contributed by atoms with Crippen LogP contribution in [0.3, 0.4) is 0 Å². The third-order valence-electron chi connectivity index (χ3n) is 4.32. The van der Waals surface area contributed by atoms with E-state index in [1.807, 2.05) is 30.3 Å². The summed E-state index contributed by atoms with van der Waals surface area (Å²) >= 11 is 0. The van der Waals surface area contributed by atoms with Crippen LogP contribution in [0.5, 0.6) is 11.5 Å². The van der Waals surface area contributed by atoms with E-state index >= 15 is 0 Å². The number of hydrogen-bond acceptors (Lipinski definition) is 4. The van der Waals surface area contributed by atoms with Crippen LogP contribution in [0.15, 0.2) is 42.5 Å². The number of rotatable bonds is 8. The highest BCUT2D eigenvalue weighted by Crippen LogP contribution is 2.30. The Balaban J connectivity index is 2.40. The van der Waals surface area contributed by atoms with Gasteiger partial charge in [0, 0.05) is 0 Å². The molecule has 0 aliphatic heterocycles. The highest BCUT2D eigenvalue weighted by molar-refractivity contribution is 7.92. The van der Waals surface area contributed by atoms with E-state index in [1.165, 1.54) is 9.87 Å². The summed E-state index contributed by atoms with van der Waals surface area (Å²) in [5, 5.41) is 0. The number of methoxy groups -OCH3 is 2. The van der Waals surface area contributed by atoms with E-state index < -0.39 is 10.0 Å². The molecule has 26 heavy (non-hydrogen) atoms. The molecule has 0 bridgehead atoms. The van der Waals surface area contributed by atoms with Gasteiger partial charge in [0.2, 0.25) is 10.0 Å². The molecule has 0 amide bonds. The van der Waals surface area contributed by atoms with Gasteiger partial charge in [0.25, 0.3) is 0 Å². The Kier molecular flexibility index (Phi) is 6.53. The summed E-state index contributed by atoms with van der Waals surface area (Å²) < 4.78 is 37.4. The van der Waals surface area contributed by atoms with Crippen molar-refractivity contribution in [3.8, 4) is 11.5 Å². The van der Waals surface area contributed by atoms with Gasteiger partial charge in [0.05, 0.1) is 32.2 Å². The normalized spacial score (nSPS) is 11.5. The maximum absolute atomic E-state index is 12.7. The quantitative estimate of drug-likeness (QED) is 0.692. The largest absolute Gasteiger partial charge is 0.493 e. The summed E-state index contributed by atoms with van der Waals surface area (Å²) in [5.41, 5.74) is 2.66. The van der Waals surface area contributed by atoms with E-state index in [2.05, 4.69) is 13.8 Å².